The third kappa shape index (κ3) is 2.59. The van der Waals surface area contributed by atoms with E-state index in [1.165, 1.54) is 0 Å². The SMILES string of the molecule is CC(C)n1nccc1NC(=O)c1ncccc1Br. The first kappa shape index (κ1) is 12.8. The maximum atomic E-state index is 12.1. The zero-order valence-corrected chi connectivity index (χ0v) is 11.7. The second-order valence-electron chi connectivity index (χ2n) is 4.04. The molecule has 0 atom stereocenters. The molecule has 18 heavy (non-hydrogen) atoms. The molecule has 2 heterocycles. The van der Waals surface area contributed by atoms with Gasteiger partial charge in [-0.3, -0.25) is 4.79 Å². The molecule has 2 aromatic heterocycles. The number of aromatic nitrogens is 3. The van der Waals surface area contributed by atoms with Crippen LogP contribution in [0, 0.1) is 0 Å². The molecule has 0 radical (unpaired) electrons. The highest BCUT2D eigenvalue weighted by Gasteiger charge is 2.14. The lowest BCUT2D eigenvalue weighted by atomic mass is 10.3. The number of nitrogens with zero attached hydrogens (tertiary/aromatic N) is 3. The van der Waals surface area contributed by atoms with Gasteiger partial charge in [-0.1, -0.05) is 0 Å². The summed E-state index contributed by atoms with van der Waals surface area (Å²) in [6.07, 6.45) is 3.24. The van der Waals surface area contributed by atoms with Crippen LogP contribution in [-0.4, -0.2) is 20.7 Å². The molecule has 5 nitrogen and oxygen atoms in total. The fourth-order valence-corrected chi connectivity index (χ4v) is 1.99. The Morgan fingerprint density at radius 2 is 2.17 bits per heavy atom. The number of rotatable bonds is 3. The Morgan fingerprint density at radius 1 is 1.39 bits per heavy atom. The van der Waals surface area contributed by atoms with E-state index >= 15 is 0 Å². The quantitative estimate of drug-likeness (QED) is 0.948. The van der Waals surface area contributed by atoms with Gasteiger partial charge in [0.25, 0.3) is 5.91 Å². The Morgan fingerprint density at radius 3 is 2.83 bits per heavy atom. The van der Waals surface area contributed by atoms with E-state index in [-0.39, 0.29) is 11.9 Å². The van der Waals surface area contributed by atoms with E-state index in [1.807, 2.05) is 13.8 Å². The predicted octanol–water partition coefficient (Wildman–Crippen LogP) is 2.87. The number of hydrogen-bond donors (Lipinski definition) is 1. The van der Waals surface area contributed by atoms with Gasteiger partial charge in [0.1, 0.15) is 11.5 Å². The van der Waals surface area contributed by atoms with E-state index in [2.05, 4.69) is 31.3 Å². The van der Waals surface area contributed by atoms with E-state index in [0.717, 1.165) is 0 Å². The molecule has 6 heteroatoms. The van der Waals surface area contributed by atoms with Gasteiger partial charge in [-0.2, -0.15) is 5.10 Å². The first-order valence-electron chi connectivity index (χ1n) is 5.55. The van der Waals surface area contributed by atoms with Crippen LogP contribution in [0.5, 0.6) is 0 Å². The van der Waals surface area contributed by atoms with Gasteiger partial charge >= 0.3 is 0 Å². The smallest absolute Gasteiger partial charge is 0.276 e. The first-order valence-corrected chi connectivity index (χ1v) is 6.34. The number of carbonyl (C=O) groups is 1. The number of hydrogen-bond acceptors (Lipinski definition) is 3. The highest BCUT2D eigenvalue weighted by atomic mass is 79.9. The predicted molar refractivity (Wildman–Crippen MR) is 72.5 cm³/mol. The van der Waals surface area contributed by atoms with Gasteiger partial charge in [0.2, 0.25) is 0 Å². The van der Waals surface area contributed by atoms with E-state index < -0.39 is 0 Å². The number of halogens is 1. The van der Waals surface area contributed by atoms with Crippen molar-refractivity contribution in [1.29, 1.82) is 0 Å². The van der Waals surface area contributed by atoms with E-state index in [1.54, 1.807) is 35.3 Å². The molecule has 0 aliphatic rings. The zero-order chi connectivity index (χ0) is 13.1. The highest BCUT2D eigenvalue weighted by molar-refractivity contribution is 9.10. The standard InChI is InChI=1S/C12H13BrN4O/c1-8(2)17-10(5-7-15-17)16-12(18)11-9(13)4-3-6-14-11/h3-8H,1-2H3,(H,16,18). The number of carbonyl (C=O) groups excluding carboxylic acids is 1. The second-order valence-corrected chi connectivity index (χ2v) is 4.90. The van der Waals surface area contributed by atoms with E-state index in [0.29, 0.717) is 16.0 Å². The Kier molecular flexibility index (Phi) is 3.76. The van der Waals surface area contributed by atoms with Crippen LogP contribution in [0.3, 0.4) is 0 Å². The number of anilines is 1. The summed E-state index contributed by atoms with van der Waals surface area (Å²) in [5.74, 6) is 0.400. The van der Waals surface area contributed by atoms with Gasteiger partial charge in [-0.25, -0.2) is 9.67 Å². The topological polar surface area (TPSA) is 59.8 Å². The monoisotopic (exact) mass is 308 g/mol. The number of pyridine rings is 1. The molecular formula is C12H13BrN4O. The van der Waals surface area contributed by atoms with Crippen LogP contribution < -0.4 is 5.32 Å². The van der Waals surface area contributed by atoms with Crippen LogP contribution in [0.15, 0.2) is 35.1 Å². The van der Waals surface area contributed by atoms with Gasteiger partial charge in [0.15, 0.2) is 0 Å². The van der Waals surface area contributed by atoms with Crippen molar-refractivity contribution >= 4 is 27.7 Å². The Hall–Kier alpha value is -1.69. The van der Waals surface area contributed by atoms with E-state index in [9.17, 15) is 4.79 Å². The molecule has 2 aromatic rings. The number of amides is 1. The molecule has 1 N–H and O–H groups in total. The van der Waals surface area contributed by atoms with Crippen molar-refractivity contribution in [3.8, 4) is 0 Å². The van der Waals surface area contributed by atoms with Crippen molar-refractivity contribution in [2.45, 2.75) is 19.9 Å². The van der Waals surface area contributed by atoms with Crippen LogP contribution in [0.2, 0.25) is 0 Å². The minimum absolute atomic E-state index is 0.183. The van der Waals surface area contributed by atoms with Gasteiger partial charge < -0.3 is 5.32 Å². The molecule has 0 bridgehead atoms. The molecule has 0 aliphatic carbocycles. The molecule has 1 amide bonds. The molecule has 0 saturated carbocycles. The van der Waals surface area contributed by atoms with Crippen molar-refractivity contribution in [2.24, 2.45) is 0 Å². The molecule has 0 saturated heterocycles. The van der Waals surface area contributed by atoms with Crippen LogP contribution in [0.1, 0.15) is 30.4 Å². The van der Waals surface area contributed by atoms with Gasteiger partial charge in [0.05, 0.1) is 6.20 Å². The summed E-state index contributed by atoms with van der Waals surface area (Å²) < 4.78 is 2.41. The largest absolute Gasteiger partial charge is 0.305 e. The Bertz CT molecular complexity index is 565. The summed E-state index contributed by atoms with van der Waals surface area (Å²) in [6, 6.07) is 5.48. The third-order valence-electron chi connectivity index (χ3n) is 2.37. The summed E-state index contributed by atoms with van der Waals surface area (Å²) in [7, 11) is 0. The second kappa shape index (κ2) is 5.30. The van der Waals surface area contributed by atoms with Crippen molar-refractivity contribution in [2.75, 3.05) is 5.32 Å². The fraction of sp³-hybridized carbons (Fsp3) is 0.250. The lowest BCUT2D eigenvalue weighted by Gasteiger charge is -2.11. The lowest BCUT2D eigenvalue weighted by Crippen LogP contribution is -2.18. The van der Waals surface area contributed by atoms with Gasteiger partial charge in [-0.15, -0.1) is 0 Å². The average molecular weight is 309 g/mol. The van der Waals surface area contributed by atoms with Gasteiger partial charge in [0, 0.05) is 22.8 Å². The molecule has 0 fully saturated rings. The van der Waals surface area contributed by atoms with Crippen molar-refractivity contribution in [3.05, 3.63) is 40.8 Å². The first-order chi connectivity index (χ1) is 8.59. The lowest BCUT2D eigenvalue weighted by molar-refractivity contribution is 0.102. The molecule has 94 valence electrons. The van der Waals surface area contributed by atoms with Gasteiger partial charge in [-0.05, 0) is 41.9 Å². The molecule has 0 spiro atoms. The maximum absolute atomic E-state index is 12.1. The minimum Gasteiger partial charge on any atom is -0.305 e. The highest BCUT2D eigenvalue weighted by Crippen LogP contribution is 2.17. The number of nitrogens with one attached hydrogen (secondary N) is 1. The minimum atomic E-state index is -0.259. The normalized spacial score (nSPS) is 10.7. The summed E-state index contributed by atoms with van der Waals surface area (Å²) >= 11 is 3.30. The Labute approximate surface area is 113 Å². The van der Waals surface area contributed by atoms with Crippen LogP contribution in [0.4, 0.5) is 5.82 Å². The van der Waals surface area contributed by atoms with Crippen molar-refractivity contribution in [3.63, 3.8) is 0 Å². The molecular weight excluding hydrogens is 296 g/mol. The average Bonchev–Trinajstić information content (AvgIpc) is 2.77. The molecule has 2 rings (SSSR count). The summed E-state index contributed by atoms with van der Waals surface area (Å²) in [6.45, 7) is 4.00. The summed E-state index contributed by atoms with van der Waals surface area (Å²) in [4.78, 5) is 16.1. The summed E-state index contributed by atoms with van der Waals surface area (Å²) in [5.41, 5.74) is 0.356. The van der Waals surface area contributed by atoms with Crippen molar-refractivity contribution < 1.29 is 4.79 Å². The third-order valence-corrected chi connectivity index (χ3v) is 3.01. The van der Waals surface area contributed by atoms with E-state index in [4.69, 9.17) is 0 Å². The molecule has 0 aliphatic heterocycles. The van der Waals surface area contributed by atoms with Crippen LogP contribution >= 0.6 is 15.9 Å². The Balaban J connectivity index is 2.22. The fourth-order valence-electron chi connectivity index (χ4n) is 1.55. The van der Waals surface area contributed by atoms with Crippen LogP contribution in [-0.2, 0) is 0 Å². The van der Waals surface area contributed by atoms with Crippen molar-refractivity contribution in [1.82, 2.24) is 14.8 Å². The van der Waals surface area contributed by atoms with Crippen LogP contribution in [0.25, 0.3) is 0 Å². The zero-order valence-electron chi connectivity index (χ0n) is 10.1. The molecule has 0 unspecified atom stereocenters. The summed E-state index contributed by atoms with van der Waals surface area (Å²) in [5, 5.41) is 6.95. The maximum Gasteiger partial charge on any atom is 0.276 e. The molecule has 0 aromatic carbocycles.